The van der Waals surface area contributed by atoms with Crippen molar-refractivity contribution < 1.29 is 14.7 Å². The molecule has 0 unspecified atom stereocenters. The first kappa shape index (κ1) is 16.9. The Labute approximate surface area is 146 Å². The van der Waals surface area contributed by atoms with Gasteiger partial charge in [-0.05, 0) is 27.8 Å². The Morgan fingerprint density at radius 2 is 1.52 bits per heavy atom. The molecule has 0 bridgehead atoms. The molecule has 0 saturated carbocycles. The fourth-order valence-corrected chi connectivity index (χ4v) is 3.17. The van der Waals surface area contributed by atoms with Crippen molar-refractivity contribution in [3.05, 3.63) is 76.9 Å². The molecule has 3 aromatic carbocycles. The van der Waals surface area contributed by atoms with E-state index in [1.165, 1.54) is 6.07 Å². The van der Waals surface area contributed by atoms with E-state index in [-0.39, 0.29) is 22.5 Å². The van der Waals surface area contributed by atoms with Gasteiger partial charge >= 0.3 is 0 Å². The molecule has 0 atom stereocenters. The molecule has 0 aliphatic rings. The highest BCUT2D eigenvalue weighted by Gasteiger charge is 2.24. The molecule has 0 fully saturated rings. The Balaban J connectivity index is 2.29. The first-order chi connectivity index (χ1) is 11.8. The Morgan fingerprint density at radius 3 is 2.16 bits per heavy atom. The number of phenolic OH excluding ortho intramolecular Hbond substituents is 1. The number of fused-ring (bicyclic) bond motifs is 1. The Hall–Kier alpha value is -2.94. The fourth-order valence-electron chi connectivity index (χ4n) is 3.17. The summed E-state index contributed by atoms with van der Waals surface area (Å²) in [7, 11) is 0. The van der Waals surface area contributed by atoms with Crippen LogP contribution in [0.5, 0.6) is 5.75 Å². The monoisotopic (exact) mass is 332 g/mol. The summed E-state index contributed by atoms with van der Waals surface area (Å²) in [6, 6.07) is 16.1. The summed E-state index contributed by atoms with van der Waals surface area (Å²) in [6.45, 7) is 6.18. The van der Waals surface area contributed by atoms with Gasteiger partial charge in [-0.25, -0.2) is 0 Å². The van der Waals surface area contributed by atoms with Crippen LogP contribution in [0.15, 0.2) is 54.6 Å². The van der Waals surface area contributed by atoms with Crippen LogP contribution in [0.3, 0.4) is 0 Å². The quantitative estimate of drug-likeness (QED) is 0.549. The molecular weight excluding hydrogens is 312 g/mol. The molecule has 3 rings (SSSR count). The van der Waals surface area contributed by atoms with Crippen molar-refractivity contribution >= 4 is 22.8 Å². The van der Waals surface area contributed by atoms with Gasteiger partial charge in [0.05, 0.1) is 5.56 Å². The molecule has 3 heteroatoms. The molecule has 25 heavy (non-hydrogen) atoms. The van der Waals surface area contributed by atoms with E-state index in [9.17, 15) is 14.7 Å². The van der Waals surface area contributed by atoms with Crippen molar-refractivity contribution in [3.8, 4) is 5.75 Å². The fraction of sp³-hybridized carbons (Fsp3) is 0.182. The van der Waals surface area contributed by atoms with Gasteiger partial charge in [0.15, 0.2) is 12.1 Å². The Bertz CT molecular complexity index is 978. The zero-order chi connectivity index (χ0) is 18.2. The van der Waals surface area contributed by atoms with E-state index in [0.29, 0.717) is 28.2 Å². The number of aldehydes is 1. The van der Waals surface area contributed by atoms with Crippen LogP contribution in [-0.4, -0.2) is 17.2 Å². The minimum absolute atomic E-state index is 0.158. The standard InChI is InChI=1S/C22H20O3/c1-22(2,3)19-11-7-6-10-16(19)21(25)17-12-20(24)18(13-23)15-9-5-4-8-14(15)17/h4-13,24H,1-3H3. The number of aromatic hydroxyl groups is 1. The average molecular weight is 332 g/mol. The molecule has 0 saturated heterocycles. The van der Waals surface area contributed by atoms with E-state index in [1.54, 1.807) is 18.2 Å². The predicted octanol–water partition coefficient (Wildman–Crippen LogP) is 4.89. The van der Waals surface area contributed by atoms with Crippen LogP contribution in [-0.2, 0) is 5.41 Å². The second-order valence-electron chi connectivity index (χ2n) is 7.15. The number of hydrogen-bond acceptors (Lipinski definition) is 3. The molecule has 0 aromatic heterocycles. The van der Waals surface area contributed by atoms with Crippen LogP contribution in [0.25, 0.3) is 10.8 Å². The summed E-state index contributed by atoms with van der Waals surface area (Å²) < 4.78 is 0. The topological polar surface area (TPSA) is 54.4 Å². The molecule has 0 radical (unpaired) electrons. The number of hydrogen-bond donors (Lipinski definition) is 1. The average Bonchev–Trinajstić information content (AvgIpc) is 2.60. The predicted molar refractivity (Wildman–Crippen MR) is 99.6 cm³/mol. The lowest BCUT2D eigenvalue weighted by atomic mass is 9.81. The van der Waals surface area contributed by atoms with E-state index in [4.69, 9.17) is 0 Å². The van der Waals surface area contributed by atoms with Gasteiger partial charge in [-0.2, -0.15) is 0 Å². The van der Waals surface area contributed by atoms with Crippen LogP contribution in [0.1, 0.15) is 52.6 Å². The van der Waals surface area contributed by atoms with E-state index in [0.717, 1.165) is 5.56 Å². The molecule has 0 heterocycles. The lowest BCUT2D eigenvalue weighted by molar-refractivity contribution is 0.103. The SMILES string of the molecule is CC(C)(C)c1ccccc1C(=O)c1cc(O)c(C=O)c2ccccc12. The first-order valence-corrected chi connectivity index (χ1v) is 8.18. The highest BCUT2D eigenvalue weighted by Crippen LogP contribution is 2.33. The summed E-state index contributed by atoms with van der Waals surface area (Å²) in [5, 5.41) is 11.5. The van der Waals surface area contributed by atoms with Gasteiger partial charge in [-0.1, -0.05) is 69.3 Å². The lowest BCUT2D eigenvalue weighted by Crippen LogP contribution is -2.17. The molecule has 1 N–H and O–H groups in total. The van der Waals surface area contributed by atoms with E-state index in [1.807, 2.05) is 30.3 Å². The van der Waals surface area contributed by atoms with Crippen LogP contribution in [0.4, 0.5) is 0 Å². The van der Waals surface area contributed by atoms with Crippen LogP contribution < -0.4 is 0 Å². The maximum Gasteiger partial charge on any atom is 0.194 e. The molecule has 0 amide bonds. The van der Waals surface area contributed by atoms with Crippen molar-refractivity contribution in [1.29, 1.82) is 0 Å². The summed E-state index contributed by atoms with van der Waals surface area (Å²) in [5.41, 5.74) is 1.97. The minimum atomic E-state index is -0.188. The molecule has 3 nitrogen and oxygen atoms in total. The first-order valence-electron chi connectivity index (χ1n) is 8.18. The normalized spacial score (nSPS) is 11.5. The number of phenols is 1. The largest absolute Gasteiger partial charge is 0.507 e. The number of carbonyl (C=O) groups excluding carboxylic acids is 2. The van der Waals surface area contributed by atoms with Gasteiger partial charge in [0.25, 0.3) is 0 Å². The third-order valence-corrected chi connectivity index (χ3v) is 4.41. The van der Waals surface area contributed by atoms with Gasteiger partial charge < -0.3 is 5.11 Å². The molecule has 0 spiro atoms. The zero-order valence-electron chi connectivity index (χ0n) is 14.5. The number of carbonyl (C=O) groups is 2. The van der Waals surface area contributed by atoms with Crippen LogP contribution >= 0.6 is 0 Å². The van der Waals surface area contributed by atoms with Gasteiger partial charge in [-0.15, -0.1) is 0 Å². The van der Waals surface area contributed by atoms with E-state index >= 15 is 0 Å². The van der Waals surface area contributed by atoms with Gasteiger partial charge in [0, 0.05) is 11.1 Å². The van der Waals surface area contributed by atoms with Crippen molar-refractivity contribution in [2.45, 2.75) is 26.2 Å². The number of rotatable bonds is 3. The second-order valence-corrected chi connectivity index (χ2v) is 7.15. The van der Waals surface area contributed by atoms with Crippen LogP contribution in [0.2, 0.25) is 0 Å². The van der Waals surface area contributed by atoms with Crippen molar-refractivity contribution in [3.63, 3.8) is 0 Å². The molecular formula is C22H20O3. The second kappa shape index (κ2) is 6.17. The smallest absolute Gasteiger partial charge is 0.194 e. The molecule has 0 aliphatic carbocycles. The molecule has 126 valence electrons. The highest BCUT2D eigenvalue weighted by molar-refractivity contribution is 6.19. The van der Waals surface area contributed by atoms with E-state index in [2.05, 4.69) is 20.8 Å². The summed E-state index contributed by atoms with van der Waals surface area (Å²) in [4.78, 5) is 24.6. The minimum Gasteiger partial charge on any atom is -0.507 e. The maximum absolute atomic E-state index is 13.3. The van der Waals surface area contributed by atoms with Crippen molar-refractivity contribution in [2.75, 3.05) is 0 Å². The maximum atomic E-state index is 13.3. The van der Waals surface area contributed by atoms with Gasteiger partial charge in [-0.3, -0.25) is 9.59 Å². The molecule has 3 aromatic rings. The summed E-state index contributed by atoms with van der Waals surface area (Å²) in [5.74, 6) is -0.334. The lowest BCUT2D eigenvalue weighted by Gasteiger charge is -2.22. The van der Waals surface area contributed by atoms with Crippen molar-refractivity contribution in [1.82, 2.24) is 0 Å². The zero-order valence-corrected chi connectivity index (χ0v) is 14.5. The third-order valence-electron chi connectivity index (χ3n) is 4.41. The summed E-state index contributed by atoms with van der Waals surface area (Å²) >= 11 is 0. The summed E-state index contributed by atoms with van der Waals surface area (Å²) in [6.07, 6.45) is 0.620. The number of ketones is 1. The van der Waals surface area contributed by atoms with Gasteiger partial charge in [0.1, 0.15) is 5.75 Å². The van der Waals surface area contributed by atoms with Crippen molar-refractivity contribution in [2.24, 2.45) is 0 Å². The Kier molecular flexibility index (Phi) is 4.17. The Morgan fingerprint density at radius 1 is 0.920 bits per heavy atom. The number of benzene rings is 3. The molecule has 0 aliphatic heterocycles. The third kappa shape index (κ3) is 2.93. The van der Waals surface area contributed by atoms with Gasteiger partial charge in [0.2, 0.25) is 0 Å². The van der Waals surface area contributed by atoms with Crippen LogP contribution in [0, 0.1) is 0 Å². The van der Waals surface area contributed by atoms with E-state index < -0.39 is 0 Å². The highest BCUT2D eigenvalue weighted by atomic mass is 16.3.